The van der Waals surface area contributed by atoms with Gasteiger partial charge < -0.3 is 15.8 Å². The second-order valence-electron chi connectivity index (χ2n) is 6.96. The van der Waals surface area contributed by atoms with E-state index in [9.17, 15) is 14.4 Å². The van der Waals surface area contributed by atoms with Gasteiger partial charge in [0.2, 0.25) is 11.8 Å². The first-order chi connectivity index (χ1) is 12.4. The molecule has 0 aromatic heterocycles. The number of Topliss-reactive ketones (excluding diaryl/α,β-unsaturated/α-hetero) is 1. The van der Waals surface area contributed by atoms with E-state index in [1.807, 2.05) is 0 Å². The van der Waals surface area contributed by atoms with Crippen molar-refractivity contribution in [2.24, 2.45) is 17.6 Å². The van der Waals surface area contributed by atoms with E-state index in [4.69, 9.17) is 16.9 Å². The van der Waals surface area contributed by atoms with Gasteiger partial charge in [-0.2, -0.15) is 0 Å². The number of terminal acetylenes is 1. The second-order valence-corrected chi connectivity index (χ2v) is 6.96. The molecular weight excluding hydrogens is 332 g/mol. The van der Waals surface area contributed by atoms with Crippen LogP contribution in [0, 0.1) is 24.2 Å². The highest BCUT2D eigenvalue weighted by atomic mass is 16.5. The van der Waals surface area contributed by atoms with Gasteiger partial charge in [-0.05, 0) is 25.2 Å². The molecule has 0 aromatic rings. The molecule has 0 bridgehead atoms. The van der Waals surface area contributed by atoms with Gasteiger partial charge in [-0.15, -0.1) is 6.42 Å². The minimum Gasteiger partial charge on any atom is -0.379 e. The minimum absolute atomic E-state index is 0.0553. The predicted molar refractivity (Wildman–Crippen MR) is 102 cm³/mol. The highest BCUT2D eigenvalue weighted by Crippen LogP contribution is 2.18. The van der Waals surface area contributed by atoms with E-state index in [0.717, 1.165) is 32.1 Å². The molecule has 0 aliphatic rings. The molecule has 0 heterocycles. The minimum atomic E-state index is -0.220. The Morgan fingerprint density at radius 1 is 1.12 bits per heavy atom. The van der Waals surface area contributed by atoms with E-state index < -0.39 is 0 Å². The van der Waals surface area contributed by atoms with Crippen molar-refractivity contribution in [3.05, 3.63) is 0 Å². The highest BCUT2D eigenvalue weighted by Gasteiger charge is 2.16. The maximum absolute atomic E-state index is 11.8. The Balaban J connectivity index is 3.58. The van der Waals surface area contributed by atoms with Gasteiger partial charge in [0.25, 0.3) is 0 Å². The largest absolute Gasteiger partial charge is 0.379 e. The monoisotopic (exact) mass is 366 g/mol. The van der Waals surface area contributed by atoms with Crippen LogP contribution in [-0.4, -0.2) is 37.4 Å². The highest BCUT2D eigenvalue weighted by molar-refractivity contribution is 5.78. The number of ether oxygens (including phenoxy) is 1. The van der Waals surface area contributed by atoms with Gasteiger partial charge in [-0.3, -0.25) is 14.4 Å². The summed E-state index contributed by atoms with van der Waals surface area (Å²) in [5, 5.41) is 2.62. The molecule has 0 saturated heterocycles. The number of nitrogens with one attached hydrogen (secondary N) is 1. The summed E-state index contributed by atoms with van der Waals surface area (Å²) in [6.07, 6.45) is 10.3. The number of hydrogen-bond acceptors (Lipinski definition) is 4. The molecule has 0 spiro atoms. The maximum Gasteiger partial charge on any atom is 0.232 e. The lowest BCUT2D eigenvalue weighted by molar-refractivity contribution is -0.123. The zero-order valence-corrected chi connectivity index (χ0v) is 16.2. The molecule has 1 atom stereocenters. The molecule has 0 aliphatic heterocycles. The molecule has 148 valence electrons. The molecule has 0 rings (SSSR count). The summed E-state index contributed by atoms with van der Waals surface area (Å²) in [6, 6.07) is 0. The van der Waals surface area contributed by atoms with Crippen molar-refractivity contribution >= 4 is 17.6 Å². The molecule has 0 fully saturated rings. The van der Waals surface area contributed by atoms with E-state index in [-0.39, 0.29) is 29.9 Å². The number of unbranched alkanes of at least 4 members (excludes halogenated alkanes) is 2. The Kier molecular flexibility index (Phi) is 14.3. The van der Waals surface area contributed by atoms with Gasteiger partial charge >= 0.3 is 0 Å². The van der Waals surface area contributed by atoms with Crippen molar-refractivity contribution in [2.75, 3.05) is 19.8 Å². The lowest BCUT2D eigenvalue weighted by atomic mass is 9.91. The fourth-order valence-electron chi connectivity index (χ4n) is 2.67. The zero-order chi connectivity index (χ0) is 19.8. The van der Waals surface area contributed by atoms with Gasteiger partial charge in [0.15, 0.2) is 0 Å². The van der Waals surface area contributed by atoms with Gasteiger partial charge in [-0.1, -0.05) is 32.6 Å². The Morgan fingerprint density at radius 3 is 2.46 bits per heavy atom. The van der Waals surface area contributed by atoms with E-state index in [1.165, 1.54) is 0 Å². The van der Waals surface area contributed by atoms with Gasteiger partial charge in [0.05, 0.1) is 19.6 Å². The second kappa shape index (κ2) is 15.4. The summed E-state index contributed by atoms with van der Waals surface area (Å²) in [4.78, 5) is 34.3. The van der Waals surface area contributed by atoms with Crippen molar-refractivity contribution in [1.29, 1.82) is 0 Å². The van der Waals surface area contributed by atoms with Crippen LogP contribution in [0.4, 0.5) is 0 Å². The standard InChI is InChI=1S/C20H34N2O4/c1-4-8-19(24)22-12-14-26-13-11-18(23)10-7-5-6-9-17(20(21)25)15-16(2)3/h1,16-17H,5-15H2,2-3H3,(H2,21,25)(H,22,24). The molecule has 6 nitrogen and oxygen atoms in total. The summed E-state index contributed by atoms with van der Waals surface area (Å²) in [6.45, 7) is 5.30. The van der Waals surface area contributed by atoms with Gasteiger partial charge in [0, 0.05) is 25.3 Å². The van der Waals surface area contributed by atoms with Crippen LogP contribution in [-0.2, 0) is 19.1 Å². The lowest BCUT2D eigenvalue weighted by Gasteiger charge is -2.15. The molecule has 0 radical (unpaired) electrons. The average molecular weight is 367 g/mol. The number of amides is 2. The van der Waals surface area contributed by atoms with Crippen LogP contribution in [0.25, 0.3) is 0 Å². The number of carbonyl (C=O) groups excluding carboxylic acids is 3. The summed E-state index contributed by atoms with van der Waals surface area (Å²) in [5.74, 6) is 2.43. The Bertz CT molecular complexity index is 469. The van der Waals surface area contributed by atoms with Crippen LogP contribution in [0.15, 0.2) is 0 Å². The van der Waals surface area contributed by atoms with E-state index in [2.05, 4.69) is 25.1 Å². The summed E-state index contributed by atoms with van der Waals surface area (Å²) in [7, 11) is 0. The van der Waals surface area contributed by atoms with Crippen molar-refractivity contribution in [3.63, 3.8) is 0 Å². The van der Waals surface area contributed by atoms with Gasteiger partial charge in [0.1, 0.15) is 5.78 Å². The quantitative estimate of drug-likeness (QED) is 0.323. The number of hydrogen-bond donors (Lipinski definition) is 2. The first-order valence-electron chi connectivity index (χ1n) is 9.45. The number of rotatable bonds is 16. The Labute approximate surface area is 157 Å². The zero-order valence-electron chi connectivity index (χ0n) is 16.2. The lowest BCUT2D eigenvalue weighted by Crippen LogP contribution is -2.26. The van der Waals surface area contributed by atoms with Crippen molar-refractivity contribution < 1.29 is 19.1 Å². The molecule has 6 heteroatoms. The molecule has 1 unspecified atom stereocenters. The van der Waals surface area contributed by atoms with Crippen LogP contribution in [0.2, 0.25) is 0 Å². The van der Waals surface area contributed by atoms with Crippen LogP contribution in [0.5, 0.6) is 0 Å². The Hall–Kier alpha value is -1.87. The SMILES string of the molecule is C#CCC(=O)NCCOCCC(=O)CCCCCC(CC(C)C)C(N)=O. The summed E-state index contributed by atoms with van der Waals surface area (Å²) in [5.41, 5.74) is 5.43. The van der Waals surface area contributed by atoms with E-state index in [0.29, 0.717) is 38.5 Å². The molecule has 0 aliphatic carbocycles. The molecular formula is C20H34N2O4. The van der Waals surface area contributed by atoms with Gasteiger partial charge in [-0.25, -0.2) is 0 Å². The fourth-order valence-corrected chi connectivity index (χ4v) is 2.67. The normalized spacial score (nSPS) is 11.8. The smallest absolute Gasteiger partial charge is 0.232 e. The van der Waals surface area contributed by atoms with Crippen molar-refractivity contribution in [1.82, 2.24) is 5.32 Å². The number of ketones is 1. The topological polar surface area (TPSA) is 98.5 Å². The molecule has 0 saturated carbocycles. The van der Waals surface area contributed by atoms with Crippen LogP contribution in [0.3, 0.4) is 0 Å². The Morgan fingerprint density at radius 2 is 1.85 bits per heavy atom. The molecule has 3 N–H and O–H groups in total. The molecule has 0 aromatic carbocycles. The number of primary amides is 1. The first kappa shape index (κ1) is 24.1. The predicted octanol–water partition coefficient (Wildman–Crippen LogP) is 2.20. The third-order valence-electron chi connectivity index (χ3n) is 4.02. The average Bonchev–Trinajstić information content (AvgIpc) is 2.56. The first-order valence-corrected chi connectivity index (χ1v) is 9.45. The molecule has 26 heavy (non-hydrogen) atoms. The third kappa shape index (κ3) is 14.5. The van der Waals surface area contributed by atoms with Crippen LogP contribution in [0.1, 0.15) is 65.2 Å². The number of carbonyl (C=O) groups is 3. The summed E-state index contributed by atoms with van der Waals surface area (Å²) < 4.78 is 5.32. The van der Waals surface area contributed by atoms with Crippen molar-refractivity contribution in [2.45, 2.75) is 65.2 Å². The third-order valence-corrected chi connectivity index (χ3v) is 4.02. The number of nitrogens with two attached hydrogens (primary N) is 1. The summed E-state index contributed by atoms with van der Waals surface area (Å²) >= 11 is 0. The van der Waals surface area contributed by atoms with Crippen LogP contribution < -0.4 is 11.1 Å². The maximum atomic E-state index is 11.8. The molecule has 2 amide bonds. The van der Waals surface area contributed by atoms with E-state index in [1.54, 1.807) is 0 Å². The fraction of sp³-hybridized carbons (Fsp3) is 0.750. The van der Waals surface area contributed by atoms with Crippen LogP contribution >= 0.6 is 0 Å². The van der Waals surface area contributed by atoms with Crippen molar-refractivity contribution in [3.8, 4) is 12.3 Å². The van der Waals surface area contributed by atoms with E-state index >= 15 is 0 Å².